The molecule has 0 unspecified atom stereocenters. The van der Waals surface area contributed by atoms with Crippen molar-refractivity contribution in [3.8, 4) is 11.8 Å². The highest BCUT2D eigenvalue weighted by molar-refractivity contribution is 6.34. The van der Waals surface area contributed by atoms with E-state index in [0.717, 1.165) is 0 Å². The number of hydrogen-bond acceptors (Lipinski definition) is 4. The van der Waals surface area contributed by atoms with Crippen LogP contribution in [-0.2, 0) is 0 Å². The number of halogens is 2. The fourth-order valence-electron chi connectivity index (χ4n) is 1.51. The Morgan fingerprint density at radius 3 is 2.89 bits per heavy atom. The minimum Gasteiger partial charge on any atom is -0.494 e. The van der Waals surface area contributed by atoms with E-state index in [-0.39, 0.29) is 5.02 Å². The van der Waals surface area contributed by atoms with Gasteiger partial charge in [-0.25, -0.2) is 9.37 Å². The van der Waals surface area contributed by atoms with Gasteiger partial charge in [0.15, 0.2) is 5.82 Å². The first-order valence-electron chi connectivity index (χ1n) is 5.31. The van der Waals surface area contributed by atoms with Gasteiger partial charge in [-0.3, -0.25) is 0 Å². The fraction of sp³-hybridized carbons (Fsp3) is 0.0769. The molecule has 0 fully saturated rings. The van der Waals surface area contributed by atoms with Crippen LogP contribution in [-0.4, -0.2) is 12.1 Å². The summed E-state index contributed by atoms with van der Waals surface area (Å²) in [5, 5.41) is 12.0. The predicted octanol–water partition coefficient (Wildman–Crippen LogP) is 3.50. The molecule has 0 saturated carbocycles. The van der Waals surface area contributed by atoms with E-state index in [4.69, 9.17) is 21.6 Å². The first-order chi connectivity index (χ1) is 9.15. The Balaban J connectivity index is 2.40. The standard InChI is InChI=1S/C13H9ClFN3O/c1-19-11-6-9(15)2-3-10(11)18-13-12(14)8(7-16)4-5-17-13/h2-6H,1H3,(H,17,18). The third-order valence-electron chi connectivity index (χ3n) is 2.43. The van der Waals surface area contributed by atoms with Crippen LogP contribution in [0.3, 0.4) is 0 Å². The summed E-state index contributed by atoms with van der Waals surface area (Å²) in [6.07, 6.45) is 1.46. The van der Waals surface area contributed by atoms with Gasteiger partial charge in [-0.05, 0) is 18.2 Å². The molecule has 0 aliphatic heterocycles. The maximum absolute atomic E-state index is 13.1. The molecule has 2 rings (SSSR count). The number of nitrogens with zero attached hydrogens (tertiary/aromatic N) is 2. The zero-order valence-corrected chi connectivity index (χ0v) is 10.7. The van der Waals surface area contributed by atoms with Gasteiger partial charge < -0.3 is 10.1 Å². The van der Waals surface area contributed by atoms with Crippen LogP contribution in [0.4, 0.5) is 15.9 Å². The molecule has 96 valence electrons. The largest absolute Gasteiger partial charge is 0.494 e. The van der Waals surface area contributed by atoms with Gasteiger partial charge in [-0.15, -0.1) is 0 Å². The lowest BCUT2D eigenvalue weighted by Gasteiger charge is -2.11. The molecule has 1 N–H and O–H groups in total. The summed E-state index contributed by atoms with van der Waals surface area (Å²) in [7, 11) is 1.43. The van der Waals surface area contributed by atoms with Crippen LogP contribution >= 0.6 is 11.6 Å². The summed E-state index contributed by atoms with van der Waals surface area (Å²) >= 11 is 6.02. The topological polar surface area (TPSA) is 57.9 Å². The molecule has 0 aliphatic rings. The number of pyridine rings is 1. The van der Waals surface area contributed by atoms with E-state index in [9.17, 15) is 4.39 Å². The van der Waals surface area contributed by atoms with Crippen molar-refractivity contribution in [1.82, 2.24) is 4.98 Å². The van der Waals surface area contributed by atoms with E-state index in [1.165, 1.54) is 37.6 Å². The lowest BCUT2D eigenvalue weighted by atomic mass is 10.2. The molecule has 6 heteroatoms. The normalized spacial score (nSPS) is 9.79. The van der Waals surface area contributed by atoms with Crippen LogP contribution in [0.2, 0.25) is 5.02 Å². The molecule has 1 aromatic heterocycles. The molecule has 0 saturated heterocycles. The van der Waals surface area contributed by atoms with Gasteiger partial charge in [0.05, 0.1) is 18.4 Å². The second kappa shape index (κ2) is 5.55. The highest BCUT2D eigenvalue weighted by atomic mass is 35.5. The average molecular weight is 278 g/mol. The van der Waals surface area contributed by atoms with Crippen LogP contribution in [0.5, 0.6) is 5.75 Å². The molecule has 0 atom stereocenters. The lowest BCUT2D eigenvalue weighted by molar-refractivity contribution is 0.413. The van der Waals surface area contributed by atoms with Crippen molar-refractivity contribution in [3.05, 3.63) is 46.9 Å². The maximum Gasteiger partial charge on any atom is 0.150 e. The van der Waals surface area contributed by atoms with Gasteiger partial charge in [0.2, 0.25) is 0 Å². The first-order valence-corrected chi connectivity index (χ1v) is 5.68. The second-order valence-electron chi connectivity index (χ2n) is 3.60. The van der Waals surface area contributed by atoms with Gasteiger partial charge in [0, 0.05) is 12.3 Å². The molecular formula is C13H9ClFN3O. The Morgan fingerprint density at radius 1 is 1.42 bits per heavy atom. The van der Waals surface area contributed by atoms with Crippen molar-refractivity contribution in [3.63, 3.8) is 0 Å². The van der Waals surface area contributed by atoms with Crippen molar-refractivity contribution in [2.24, 2.45) is 0 Å². The Labute approximate surface area is 114 Å². The van der Waals surface area contributed by atoms with E-state index in [1.807, 2.05) is 6.07 Å². The molecule has 2 aromatic rings. The van der Waals surface area contributed by atoms with Crippen LogP contribution in [0, 0.1) is 17.1 Å². The number of methoxy groups -OCH3 is 1. The highest BCUT2D eigenvalue weighted by Crippen LogP contribution is 2.31. The molecule has 19 heavy (non-hydrogen) atoms. The molecule has 0 radical (unpaired) electrons. The van der Waals surface area contributed by atoms with Crippen molar-refractivity contribution < 1.29 is 9.13 Å². The Kier molecular flexibility index (Phi) is 3.83. The molecule has 0 aliphatic carbocycles. The summed E-state index contributed by atoms with van der Waals surface area (Å²) in [4.78, 5) is 4.04. The van der Waals surface area contributed by atoms with E-state index in [2.05, 4.69) is 10.3 Å². The summed E-state index contributed by atoms with van der Waals surface area (Å²) in [6.45, 7) is 0. The maximum atomic E-state index is 13.1. The number of rotatable bonds is 3. The fourth-order valence-corrected chi connectivity index (χ4v) is 1.71. The van der Waals surface area contributed by atoms with Gasteiger partial charge in [-0.1, -0.05) is 11.6 Å². The van der Waals surface area contributed by atoms with E-state index < -0.39 is 5.82 Å². The number of anilines is 2. The van der Waals surface area contributed by atoms with Crippen molar-refractivity contribution >= 4 is 23.1 Å². The number of nitriles is 1. The Bertz CT molecular complexity index is 655. The molecule has 1 aromatic carbocycles. The summed E-state index contributed by atoms with van der Waals surface area (Å²) in [6, 6.07) is 7.50. The number of ether oxygens (including phenoxy) is 1. The minimum atomic E-state index is -0.410. The zero-order chi connectivity index (χ0) is 13.8. The van der Waals surface area contributed by atoms with E-state index in [1.54, 1.807) is 0 Å². The van der Waals surface area contributed by atoms with Crippen LogP contribution < -0.4 is 10.1 Å². The lowest BCUT2D eigenvalue weighted by Crippen LogP contribution is -1.98. The van der Waals surface area contributed by atoms with Gasteiger partial charge in [-0.2, -0.15) is 5.26 Å². The third-order valence-corrected chi connectivity index (χ3v) is 2.81. The molecule has 0 spiro atoms. The van der Waals surface area contributed by atoms with E-state index in [0.29, 0.717) is 22.8 Å². The summed E-state index contributed by atoms with van der Waals surface area (Å²) in [5.74, 6) is 0.220. The van der Waals surface area contributed by atoms with Crippen molar-refractivity contribution in [2.75, 3.05) is 12.4 Å². The van der Waals surface area contributed by atoms with Crippen LogP contribution in [0.25, 0.3) is 0 Å². The molecule has 0 bridgehead atoms. The predicted molar refractivity (Wildman–Crippen MR) is 70.2 cm³/mol. The first kappa shape index (κ1) is 13.1. The minimum absolute atomic E-state index is 0.205. The molecule has 0 amide bonds. The monoisotopic (exact) mass is 277 g/mol. The third kappa shape index (κ3) is 2.75. The van der Waals surface area contributed by atoms with E-state index >= 15 is 0 Å². The quantitative estimate of drug-likeness (QED) is 0.933. The van der Waals surface area contributed by atoms with Crippen LogP contribution in [0.15, 0.2) is 30.5 Å². The summed E-state index contributed by atoms with van der Waals surface area (Å²) in [5.41, 5.74) is 0.814. The average Bonchev–Trinajstić information content (AvgIpc) is 2.42. The number of nitrogens with one attached hydrogen (secondary N) is 1. The second-order valence-corrected chi connectivity index (χ2v) is 3.98. The highest BCUT2D eigenvalue weighted by Gasteiger charge is 2.10. The van der Waals surface area contributed by atoms with Gasteiger partial charge in [0.25, 0.3) is 0 Å². The molecular weight excluding hydrogens is 269 g/mol. The summed E-state index contributed by atoms with van der Waals surface area (Å²) < 4.78 is 18.1. The SMILES string of the molecule is COc1cc(F)ccc1Nc1nccc(C#N)c1Cl. The van der Waals surface area contributed by atoms with Gasteiger partial charge in [0.1, 0.15) is 22.7 Å². The number of aromatic nitrogens is 1. The smallest absolute Gasteiger partial charge is 0.150 e. The molecule has 1 heterocycles. The Morgan fingerprint density at radius 2 is 2.21 bits per heavy atom. The Hall–Kier alpha value is -2.32. The van der Waals surface area contributed by atoms with Gasteiger partial charge >= 0.3 is 0 Å². The van der Waals surface area contributed by atoms with Crippen LogP contribution in [0.1, 0.15) is 5.56 Å². The van der Waals surface area contributed by atoms with Crippen molar-refractivity contribution in [1.29, 1.82) is 5.26 Å². The molecule has 4 nitrogen and oxygen atoms in total. The number of benzene rings is 1. The number of hydrogen-bond donors (Lipinski definition) is 1. The van der Waals surface area contributed by atoms with Crippen molar-refractivity contribution in [2.45, 2.75) is 0 Å². The zero-order valence-electron chi connectivity index (χ0n) is 9.95.